The molecule has 4 heteroatoms. The Labute approximate surface area is 109 Å². The SMILES string of the molecule is ONC(CCCc1ccccc1)N1CCNCC1. The van der Waals surface area contributed by atoms with Crippen LogP contribution in [0.1, 0.15) is 18.4 Å². The lowest BCUT2D eigenvalue weighted by Crippen LogP contribution is -2.53. The van der Waals surface area contributed by atoms with Crippen molar-refractivity contribution in [1.82, 2.24) is 15.7 Å². The van der Waals surface area contributed by atoms with Crippen molar-refractivity contribution in [3.8, 4) is 0 Å². The standard InChI is InChI=1S/C14H23N3O/c18-16-14(17-11-9-15-10-12-17)8-4-7-13-5-2-1-3-6-13/h1-3,5-6,14-16,18H,4,7-12H2. The van der Waals surface area contributed by atoms with Crippen LogP contribution in [0.5, 0.6) is 0 Å². The van der Waals surface area contributed by atoms with Crippen molar-refractivity contribution >= 4 is 0 Å². The summed E-state index contributed by atoms with van der Waals surface area (Å²) in [6.07, 6.45) is 3.23. The molecule has 0 bridgehead atoms. The molecule has 0 radical (unpaired) electrons. The third-order valence-electron chi connectivity index (χ3n) is 3.53. The summed E-state index contributed by atoms with van der Waals surface area (Å²) in [6, 6.07) is 10.5. The molecule has 18 heavy (non-hydrogen) atoms. The zero-order chi connectivity index (χ0) is 12.6. The first-order valence-corrected chi connectivity index (χ1v) is 6.78. The number of aryl methyl sites for hydroxylation is 1. The predicted molar refractivity (Wildman–Crippen MR) is 72.5 cm³/mol. The Morgan fingerprint density at radius 3 is 2.61 bits per heavy atom. The van der Waals surface area contributed by atoms with Gasteiger partial charge in [-0.15, -0.1) is 0 Å². The van der Waals surface area contributed by atoms with Crippen molar-refractivity contribution in [3.05, 3.63) is 35.9 Å². The van der Waals surface area contributed by atoms with E-state index in [0.29, 0.717) is 0 Å². The second kappa shape index (κ2) is 7.48. The van der Waals surface area contributed by atoms with Crippen molar-refractivity contribution in [3.63, 3.8) is 0 Å². The molecule has 2 rings (SSSR count). The number of benzene rings is 1. The quantitative estimate of drug-likeness (QED) is 0.664. The number of piperazine rings is 1. The van der Waals surface area contributed by atoms with Gasteiger partial charge in [-0.3, -0.25) is 4.90 Å². The normalized spacial score (nSPS) is 18.7. The molecule has 0 aliphatic carbocycles. The minimum atomic E-state index is 0.0933. The average Bonchev–Trinajstić information content (AvgIpc) is 2.46. The highest BCUT2D eigenvalue weighted by atomic mass is 16.5. The van der Waals surface area contributed by atoms with Crippen LogP contribution >= 0.6 is 0 Å². The van der Waals surface area contributed by atoms with Crippen molar-refractivity contribution < 1.29 is 5.21 Å². The number of hydrogen-bond donors (Lipinski definition) is 3. The van der Waals surface area contributed by atoms with Gasteiger partial charge in [0.15, 0.2) is 0 Å². The molecule has 0 amide bonds. The van der Waals surface area contributed by atoms with E-state index in [2.05, 4.69) is 40.0 Å². The Morgan fingerprint density at radius 2 is 1.94 bits per heavy atom. The van der Waals surface area contributed by atoms with Crippen LogP contribution in [0, 0.1) is 0 Å². The Bertz CT molecular complexity index is 325. The third-order valence-corrected chi connectivity index (χ3v) is 3.53. The average molecular weight is 249 g/mol. The Morgan fingerprint density at radius 1 is 1.22 bits per heavy atom. The Balaban J connectivity index is 1.73. The molecule has 3 N–H and O–H groups in total. The van der Waals surface area contributed by atoms with E-state index in [9.17, 15) is 5.21 Å². The molecular weight excluding hydrogens is 226 g/mol. The lowest BCUT2D eigenvalue weighted by Gasteiger charge is -2.33. The molecular formula is C14H23N3O. The van der Waals surface area contributed by atoms with E-state index in [1.54, 1.807) is 0 Å². The maximum atomic E-state index is 9.26. The fourth-order valence-electron chi connectivity index (χ4n) is 2.47. The number of rotatable bonds is 6. The van der Waals surface area contributed by atoms with Gasteiger partial charge < -0.3 is 10.5 Å². The summed E-state index contributed by atoms with van der Waals surface area (Å²) in [6.45, 7) is 4.03. The zero-order valence-corrected chi connectivity index (χ0v) is 10.8. The van der Waals surface area contributed by atoms with E-state index < -0.39 is 0 Å². The largest absolute Gasteiger partial charge is 0.315 e. The summed E-state index contributed by atoms with van der Waals surface area (Å²) in [7, 11) is 0. The molecule has 1 saturated heterocycles. The monoisotopic (exact) mass is 249 g/mol. The maximum Gasteiger partial charge on any atom is 0.0835 e. The number of hydrogen-bond acceptors (Lipinski definition) is 4. The molecule has 1 fully saturated rings. The van der Waals surface area contributed by atoms with E-state index in [4.69, 9.17) is 0 Å². The van der Waals surface area contributed by atoms with Crippen molar-refractivity contribution in [2.24, 2.45) is 0 Å². The number of nitrogens with one attached hydrogen (secondary N) is 2. The van der Waals surface area contributed by atoms with E-state index in [1.807, 2.05) is 6.07 Å². The van der Waals surface area contributed by atoms with Gasteiger partial charge in [-0.1, -0.05) is 30.3 Å². The van der Waals surface area contributed by atoms with Crippen LogP contribution < -0.4 is 10.8 Å². The van der Waals surface area contributed by atoms with Gasteiger partial charge in [-0.25, -0.2) is 0 Å². The van der Waals surface area contributed by atoms with Gasteiger partial charge in [-0.2, -0.15) is 5.48 Å². The summed E-state index contributed by atoms with van der Waals surface area (Å²) >= 11 is 0. The smallest absolute Gasteiger partial charge is 0.0835 e. The van der Waals surface area contributed by atoms with Crippen molar-refractivity contribution in [1.29, 1.82) is 0 Å². The lowest BCUT2D eigenvalue weighted by molar-refractivity contribution is 0.0205. The highest BCUT2D eigenvalue weighted by Gasteiger charge is 2.18. The molecule has 0 aromatic heterocycles. The molecule has 1 aliphatic heterocycles. The van der Waals surface area contributed by atoms with Gasteiger partial charge in [-0.05, 0) is 24.8 Å². The summed E-state index contributed by atoms with van der Waals surface area (Å²) in [5.41, 5.74) is 3.83. The van der Waals surface area contributed by atoms with Crippen LogP contribution in [0.15, 0.2) is 30.3 Å². The molecule has 1 heterocycles. The Kier molecular flexibility index (Phi) is 5.61. The fourth-order valence-corrected chi connectivity index (χ4v) is 2.47. The highest BCUT2D eigenvalue weighted by molar-refractivity contribution is 5.14. The first kappa shape index (κ1) is 13.5. The van der Waals surface area contributed by atoms with E-state index in [0.717, 1.165) is 45.4 Å². The first-order chi connectivity index (χ1) is 8.90. The van der Waals surface area contributed by atoms with E-state index in [-0.39, 0.29) is 6.17 Å². The highest BCUT2D eigenvalue weighted by Crippen LogP contribution is 2.09. The topological polar surface area (TPSA) is 47.5 Å². The fraction of sp³-hybridized carbons (Fsp3) is 0.571. The maximum absolute atomic E-state index is 9.26. The Hall–Kier alpha value is -0.940. The predicted octanol–water partition coefficient (Wildman–Crippen LogP) is 1.22. The van der Waals surface area contributed by atoms with E-state index in [1.165, 1.54) is 5.56 Å². The van der Waals surface area contributed by atoms with Crippen LogP contribution in [-0.2, 0) is 6.42 Å². The second-order valence-corrected chi connectivity index (χ2v) is 4.81. The van der Waals surface area contributed by atoms with Gasteiger partial charge in [0.1, 0.15) is 0 Å². The molecule has 0 saturated carbocycles. The molecule has 1 aliphatic rings. The van der Waals surface area contributed by atoms with Gasteiger partial charge in [0, 0.05) is 26.2 Å². The molecule has 1 aromatic carbocycles. The van der Waals surface area contributed by atoms with Gasteiger partial charge in [0.25, 0.3) is 0 Å². The number of nitrogens with zero attached hydrogens (tertiary/aromatic N) is 1. The van der Waals surface area contributed by atoms with Crippen molar-refractivity contribution in [2.75, 3.05) is 26.2 Å². The summed E-state index contributed by atoms with van der Waals surface area (Å²) in [4.78, 5) is 2.31. The molecule has 0 spiro atoms. The molecule has 1 atom stereocenters. The second-order valence-electron chi connectivity index (χ2n) is 4.81. The summed E-state index contributed by atoms with van der Waals surface area (Å²) in [5.74, 6) is 0. The third kappa shape index (κ3) is 4.07. The minimum Gasteiger partial charge on any atom is -0.315 e. The minimum absolute atomic E-state index is 0.0933. The molecule has 100 valence electrons. The van der Waals surface area contributed by atoms with E-state index >= 15 is 0 Å². The number of hydroxylamine groups is 1. The van der Waals surface area contributed by atoms with Crippen LogP contribution in [0.2, 0.25) is 0 Å². The summed E-state index contributed by atoms with van der Waals surface area (Å²) < 4.78 is 0. The van der Waals surface area contributed by atoms with Crippen LogP contribution in [0.25, 0.3) is 0 Å². The summed E-state index contributed by atoms with van der Waals surface area (Å²) in [5, 5.41) is 12.6. The zero-order valence-electron chi connectivity index (χ0n) is 10.8. The van der Waals surface area contributed by atoms with Crippen molar-refractivity contribution in [2.45, 2.75) is 25.4 Å². The first-order valence-electron chi connectivity index (χ1n) is 6.78. The van der Waals surface area contributed by atoms with Gasteiger partial charge in [0.2, 0.25) is 0 Å². The molecule has 4 nitrogen and oxygen atoms in total. The lowest BCUT2D eigenvalue weighted by atomic mass is 10.1. The van der Waals surface area contributed by atoms with Gasteiger partial charge in [0.05, 0.1) is 6.17 Å². The van der Waals surface area contributed by atoms with Crippen LogP contribution in [-0.4, -0.2) is 42.5 Å². The van der Waals surface area contributed by atoms with Gasteiger partial charge >= 0.3 is 0 Å². The molecule has 1 unspecified atom stereocenters. The molecule has 1 aromatic rings. The van der Waals surface area contributed by atoms with Crippen LogP contribution in [0.3, 0.4) is 0 Å². The van der Waals surface area contributed by atoms with Crippen LogP contribution in [0.4, 0.5) is 0 Å².